The average Bonchev–Trinajstić information content (AvgIpc) is 2.64. The Balaban J connectivity index is 2.19. The molecule has 2 aromatic rings. The van der Waals surface area contributed by atoms with Gasteiger partial charge in [0.2, 0.25) is 6.19 Å². The second-order valence-electron chi connectivity index (χ2n) is 8.92. The molecule has 0 saturated heterocycles. The molecule has 0 spiro atoms. The van der Waals surface area contributed by atoms with Crippen LogP contribution >= 0.6 is 0 Å². The maximum absolute atomic E-state index is 11.1. The molecule has 0 saturated carbocycles. The van der Waals surface area contributed by atoms with Crippen LogP contribution < -0.4 is 0 Å². The van der Waals surface area contributed by atoms with Crippen molar-refractivity contribution in [2.24, 2.45) is 4.99 Å². The molecule has 1 N–H and O–H groups in total. The van der Waals surface area contributed by atoms with Crippen molar-refractivity contribution in [3.63, 3.8) is 0 Å². The lowest BCUT2D eigenvalue weighted by atomic mass is 9.62. The molecule has 1 aliphatic rings. The van der Waals surface area contributed by atoms with Crippen molar-refractivity contribution < 1.29 is 9.90 Å². The number of hydrogen-bond acceptors (Lipinski definition) is 3. The number of aryl methyl sites for hydroxylation is 1. The molecule has 0 radical (unpaired) electrons. The van der Waals surface area contributed by atoms with Gasteiger partial charge in [-0.15, -0.1) is 0 Å². The maximum Gasteiger partial charge on any atom is 0.335 e. The molecule has 0 aliphatic heterocycles. The Hall–Kier alpha value is -2.93. The minimum Gasteiger partial charge on any atom is -0.478 e. The van der Waals surface area contributed by atoms with Gasteiger partial charge in [0, 0.05) is 11.1 Å². The van der Waals surface area contributed by atoms with E-state index in [-0.39, 0.29) is 16.4 Å². The molecule has 0 amide bonds. The third-order valence-corrected chi connectivity index (χ3v) is 6.02. The number of hydrogen-bond donors (Lipinski definition) is 1. The summed E-state index contributed by atoms with van der Waals surface area (Å²) in [5, 5.41) is 18.4. The van der Waals surface area contributed by atoms with Gasteiger partial charge >= 0.3 is 5.97 Å². The van der Waals surface area contributed by atoms with E-state index in [0.29, 0.717) is 5.71 Å². The van der Waals surface area contributed by atoms with E-state index < -0.39 is 5.97 Å². The Bertz CT molecular complexity index is 1010. The number of rotatable bonds is 3. The molecule has 0 bridgehead atoms. The van der Waals surface area contributed by atoms with Crippen LogP contribution in [-0.4, -0.2) is 16.8 Å². The summed E-state index contributed by atoms with van der Waals surface area (Å²) in [5.41, 5.74) is 6.36. The highest BCUT2D eigenvalue weighted by atomic mass is 16.4. The number of aromatic carboxylic acids is 1. The number of carboxylic acids is 1. The Morgan fingerprint density at radius 2 is 1.50 bits per heavy atom. The van der Waals surface area contributed by atoms with Crippen molar-refractivity contribution in [3.05, 3.63) is 69.8 Å². The van der Waals surface area contributed by atoms with Crippen LogP contribution in [0.2, 0.25) is 0 Å². The van der Waals surface area contributed by atoms with Crippen LogP contribution in [0.4, 0.5) is 0 Å². The molecule has 4 nitrogen and oxygen atoms in total. The molecule has 28 heavy (non-hydrogen) atoms. The quantitative estimate of drug-likeness (QED) is 0.580. The molecule has 144 valence electrons. The minimum atomic E-state index is -0.973. The van der Waals surface area contributed by atoms with E-state index in [2.05, 4.69) is 44.8 Å². The van der Waals surface area contributed by atoms with Crippen LogP contribution in [0.3, 0.4) is 0 Å². The van der Waals surface area contributed by atoms with Crippen LogP contribution in [0.5, 0.6) is 0 Å². The predicted molar refractivity (Wildman–Crippen MR) is 111 cm³/mol. The molecule has 0 aromatic heterocycles. The number of aliphatic imine (C=N–C) groups is 1. The Labute approximate surface area is 166 Å². The molecule has 4 heteroatoms. The fourth-order valence-corrected chi connectivity index (χ4v) is 4.08. The highest BCUT2D eigenvalue weighted by Crippen LogP contribution is 2.46. The smallest absolute Gasteiger partial charge is 0.335 e. The van der Waals surface area contributed by atoms with Crippen molar-refractivity contribution in [2.75, 3.05) is 0 Å². The first-order valence-corrected chi connectivity index (χ1v) is 9.53. The summed E-state index contributed by atoms with van der Waals surface area (Å²) in [6.45, 7) is 11.2. The van der Waals surface area contributed by atoms with Gasteiger partial charge in [-0.3, -0.25) is 0 Å². The number of nitrogens with zero attached hydrogens (tertiary/aromatic N) is 2. The number of carboxylic acid groups (broad SMARTS) is 1. The summed E-state index contributed by atoms with van der Waals surface area (Å²) < 4.78 is 0. The zero-order valence-corrected chi connectivity index (χ0v) is 17.1. The van der Waals surface area contributed by atoms with Crippen molar-refractivity contribution in [1.29, 1.82) is 5.26 Å². The molecule has 1 aliphatic carbocycles. The first-order valence-electron chi connectivity index (χ1n) is 9.53. The van der Waals surface area contributed by atoms with E-state index in [4.69, 9.17) is 5.11 Å². The first-order chi connectivity index (χ1) is 13.1. The topological polar surface area (TPSA) is 73.5 Å². The van der Waals surface area contributed by atoms with Gasteiger partial charge in [0.15, 0.2) is 0 Å². The first kappa shape index (κ1) is 19.8. The van der Waals surface area contributed by atoms with E-state index in [1.165, 1.54) is 11.1 Å². The van der Waals surface area contributed by atoms with Gasteiger partial charge in [-0.25, -0.2) is 4.79 Å². The van der Waals surface area contributed by atoms with Gasteiger partial charge < -0.3 is 5.11 Å². The van der Waals surface area contributed by atoms with Crippen LogP contribution in [0, 0.1) is 18.4 Å². The number of fused-ring (bicyclic) bond motifs is 1. The third-order valence-electron chi connectivity index (χ3n) is 6.02. The summed E-state index contributed by atoms with van der Waals surface area (Å²) in [6.07, 6.45) is 4.16. The molecule has 3 rings (SSSR count). The van der Waals surface area contributed by atoms with Crippen LogP contribution in [-0.2, 0) is 10.8 Å². The second-order valence-corrected chi connectivity index (χ2v) is 8.92. The largest absolute Gasteiger partial charge is 0.478 e. The lowest BCUT2D eigenvalue weighted by molar-refractivity contribution is 0.0697. The molecule has 0 fully saturated rings. The van der Waals surface area contributed by atoms with Crippen molar-refractivity contribution in [3.8, 4) is 6.19 Å². The SMILES string of the molecule is Cc1cc2c(cc1/C(=N/C#N)c1ccc(C(=O)O)cc1)C(C)(C)CCC2(C)C. The molecular formula is C24H26N2O2. The Kier molecular flexibility index (Phi) is 4.89. The van der Waals surface area contributed by atoms with Crippen LogP contribution in [0.15, 0.2) is 41.4 Å². The summed E-state index contributed by atoms with van der Waals surface area (Å²) >= 11 is 0. The Morgan fingerprint density at radius 1 is 1.00 bits per heavy atom. The highest BCUT2D eigenvalue weighted by molar-refractivity contribution is 6.14. The highest BCUT2D eigenvalue weighted by Gasteiger charge is 2.37. The molecule has 2 aromatic carbocycles. The lowest BCUT2D eigenvalue weighted by Crippen LogP contribution is -2.34. The summed E-state index contributed by atoms with van der Waals surface area (Å²) in [6, 6.07) is 11.0. The summed E-state index contributed by atoms with van der Waals surface area (Å²) in [5.74, 6) is -0.973. The van der Waals surface area contributed by atoms with Gasteiger partial charge in [0.1, 0.15) is 0 Å². The van der Waals surface area contributed by atoms with E-state index in [9.17, 15) is 10.1 Å². The van der Waals surface area contributed by atoms with Crippen molar-refractivity contribution >= 4 is 11.7 Å². The molecule has 0 heterocycles. The maximum atomic E-state index is 11.1. The standard InChI is InChI=1S/C24H26N2O2/c1-15-12-19-20(24(4,5)11-10-23(19,2)3)13-18(15)21(26-14-25)16-6-8-17(9-7-16)22(27)28/h6-9,12-13H,10-11H2,1-5H3,(H,27,28)/b26-21+. The predicted octanol–water partition coefficient (Wildman–Crippen LogP) is 5.36. The number of carbonyl (C=O) groups is 1. The molecular weight excluding hydrogens is 348 g/mol. The summed E-state index contributed by atoms with van der Waals surface area (Å²) in [7, 11) is 0. The van der Waals surface area contributed by atoms with Gasteiger partial charge in [-0.1, -0.05) is 45.9 Å². The fourth-order valence-electron chi connectivity index (χ4n) is 4.08. The minimum absolute atomic E-state index is 0.0538. The monoisotopic (exact) mass is 374 g/mol. The van der Waals surface area contributed by atoms with Gasteiger partial charge in [-0.2, -0.15) is 10.3 Å². The molecule has 0 unspecified atom stereocenters. The van der Waals surface area contributed by atoms with Crippen LogP contribution in [0.25, 0.3) is 0 Å². The zero-order valence-electron chi connectivity index (χ0n) is 17.1. The fraction of sp³-hybridized carbons (Fsp3) is 0.375. The van der Waals surface area contributed by atoms with Crippen molar-refractivity contribution in [2.45, 2.75) is 58.3 Å². The normalized spacial score (nSPS) is 17.5. The van der Waals surface area contributed by atoms with Crippen LogP contribution in [0.1, 0.15) is 78.7 Å². The Morgan fingerprint density at radius 3 is 2.00 bits per heavy atom. The van der Waals surface area contributed by atoms with E-state index in [0.717, 1.165) is 29.5 Å². The van der Waals surface area contributed by atoms with Gasteiger partial charge in [0.25, 0.3) is 0 Å². The lowest BCUT2D eigenvalue weighted by Gasteiger charge is -2.42. The number of benzene rings is 2. The van der Waals surface area contributed by atoms with E-state index >= 15 is 0 Å². The molecule has 0 atom stereocenters. The third kappa shape index (κ3) is 3.45. The average molecular weight is 374 g/mol. The zero-order chi connectivity index (χ0) is 20.7. The van der Waals surface area contributed by atoms with Gasteiger partial charge in [0.05, 0.1) is 11.3 Å². The van der Waals surface area contributed by atoms with Gasteiger partial charge in [-0.05, 0) is 65.5 Å². The van der Waals surface area contributed by atoms with E-state index in [1.807, 2.05) is 13.1 Å². The van der Waals surface area contributed by atoms with E-state index in [1.54, 1.807) is 24.3 Å². The second kappa shape index (κ2) is 6.91. The number of nitriles is 1. The van der Waals surface area contributed by atoms with Crippen molar-refractivity contribution in [1.82, 2.24) is 0 Å². The summed E-state index contributed by atoms with van der Waals surface area (Å²) in [4.78, 5) is 15.3.